The monoisotopic (exact) mass is 222 g/mol. The van der Waals surface area contributed by atoms with E-state index in [1.807, 2.05) is 4.98 Å². The summed E-state index contributed by atoms with van der Waals surface area (Å²) in [6.45, 7) is 0. The van der Waals surface area contributed by atoms with Gasteiger partial charge >= 0.3 is 0 Å². The molecule has 0 unspecified atom stereocenters. The van der Waals surface area contributed by atoms with Gasteiger partial charge in [-0.25, -0.2) is 8.78 Å². The van der Waals surface area contributed by atoms with Gasteiger partial charge in [0.05, 0.1) is 11.3 Å². The van der Waals surface area contributed by atoms with E-state index in [0.717, 1.165) is 6.07 Å². The second-order valence-electron chi connectivity index (χ2n) is 2.46. The molecule has 0 aromatic carbocycles. The van der Waals surface area contributed by atoms with Crippen LogP contribution in [0.2, 0.25) is 0 Å². The lowest BCUT2D eigenvalue weighted by atomic mass is 10.2. The Morgan fingerprint density at radius 1 is 1.57 bits per heavy atom. The molecule has 76 valence electrons. The molecule has 0 aliphatic rings. The Balaban J connectivity index is 3.39. The fraction of sp³-hybridized carbons (Fsp3) is 0.143. The summed E-state index contributed by atoms with van der Waals surface area (Å²) < 4.78 is 24.3. The minimum atomic E-state index is -2.94. The highest BCUT2D eigenvalue weighted by Gasteiger charge is 2.16. The van der Waals surface area contributed by atoms with Gasteiger partial charge in [0.25, 0.3) is 17.2 Å². The van der Waals surface area contributed by atoms with Gasteiger partial charge in [0.15, 0.2) is 0 Å². The second kappa shape index (κ2) is 3.75. The number of halogens is 3. The Morgan fingerprint density at radius 3 is 2.57 bits per heavy atom. The van der Waals surface area contributed by atoms with Crippen molar-refractivity contribution < 1.29 is 13.6 Å². The number of H-pyrrole nitrogens is 1. The molecule has 0 fully saturated rings. The molecule has 0 aliphatic carbocycles. The fourth-order valence-corrected chi connectivity index (χ4v) is 1.04. The topological polar surface area (TPSA) is 76.0 Å². The molecule has 0 spiro atoms. The molecule has 0 aliphatic heterocycles. The molecule has 0 saturated heterocycles. The van der Waals surface area contributed by atoms with E-state index in [4.69, 9.17) is 17.3 Å². The van der Waals surface area contributed by atoms with Crippen LogP contribution in [0.4, 0.5) is 14.5 Å². The first kappa shape index (κ1) is 10.6. The maximum atomic E-state index is 12.1. The predicted molar refractivity (Wildman–Crippen MR) is 46.6 cm³/mol. The van der Waals surface area contributed by atoms with Crippen LogP contribution < -0.4 is 11.3 Å². The molecule has 0 amide bonds. The molecule has 1 aromatic rings. The number of pyridine rings is 1. The normalized spacial score (nSPS) is 10.6. The van der Waals surface area contributed by atoms with Crippen molar-refractivity contribution in [1.82, 2.24) is 4.98 Å². The number of hydrogen-bond donors (Lipinski definition) is 2. The lowest BCUT2D eigenvalue weighted by Gasteiger charge is -2.03. The maximum absolute atomic E-state index is 12.1. The Labute approximate surface area is 81.7 Å². The molecular weight excluding hydrogens is 218 g/mol. The van der Waals surface area contributed by atoms with Crippen LogP contribution >= 0.6 is 11.6 Å². The van der Waals surface area contributed by atoms with Crippen LogP contribution in [0, 0.1) is 0 Å². The van der Waals surface area contributed by atoms with Gasteiger partial charge in [0, 0.05) is 0 Å². The molecule has 1 rings (SSSR count). The van der Waals surface area contributed by atoms with Crippen molar-refractivity contribution in [3.8, 4) is 0 Å². The summed E-state index contributed by atoms with van der Waals surface area (Å²) in [5.74, 6) is 0. The van der Waals surface area contributed by atoms with Crippen molar-refractivity contribution in [2.45, 2.75) is 6.43 Å². The van der Waals surface area contributed by atoms with Gasteiger partial charge in [-0.05, 0) is 17.7 Å². The molecule has 4 nitrogen and oxygen atoms in total. The van der Waals surface area contributed by atoms with E-state index in [9.17, 15) is 18.4 Å². The maximum Gasteiger partial charge on any atom is 0.270 e. The molecule has 1 heterocycles. The summed E-state index contributed by atoms with van der Waals surface area (Å²) in [6.07, 6.45) is -2.94. The fourth-order valence-electron chi connectivity index (χ4n) is 0.888. The number of rotatable bonds is 2. The number of carbonyl (C=O) groups is 1. The molecular formula is C7H5ClF2N2O2. The number of nitrogen functional groups attached to an aromatic ring is 1. The first-order valence-electron chi connectivity index (χ1n) is 3.44. The summed E-state index contributed by atoms with van der Waals surface area (Å²) >= 11 is 5.04. The van der Waals surface area contributed by atoms with Crippen LogP contribution in [-0.4, -0.2) is 10.2 Å². The number of alkyl halides is 2. The van der Waals surface area contributed by atoms with Crippen molar-refractivity contribution in [3.05, 3.63) is 27.7 Å². The lowest BCUT2D eigenvalue weighted by molar-refractivity contribution is 0.107. The number of hydrogen-bond acceptors (Lipinski definition) is 3. The van der Waals surface area contributed by atoms with E-state index in [1.165, 1.54) is 0 Å². The third-order valence-electron chi connectivity index (χ3n) is 1.53. The van der Waals surface area contributed by atoms with Gasteiger partial charge in [0.1, 0.15) is 5.69 Å². The van der Waals surface area contributed by atoms with Crippen LogP contribution in [0.5, 0.6) is 0 Å². The molecule has 0 saturated carbocycles. The van der Waals surface area contributed by atoms with Crippen LogP contribution in [0.25, 0.3) is 0 Å². The Kier molecular flexibility index (Phi) is 2.85. The number of nitrogens with one attached hydrogen (secondary N) is 1. The van der Waals surface area contributed by atoms with Gasteiger partial charge in [-0.2, -0.15) is 0 Å². The summed E-state index contributed by atoms with van der Waals surface area (Å²) in [6, 6.07) is 0.735. The van der Waals surface area contributed by atoms with Crippen molar-refractivity contribution in [2.75, 3.05) is 5.73 Å². The van der Waals surface area contributed by atoms with Crippen molar-refractivity contribution >= 4 is 22.5 Å². The Morgan fingerprint density at radius 2 is 2.14 bits per heavy atom. The largest absolute Gasteiger partial charge is 0.397 e. The summed E-state index contributed by atoms with van der Waals surface area (Å²) in [7, 11) is 0. The van der Waals surface area contributed by atoms with Crippen LogP contribution in [-0.2, 0) is 0 Å². The van der Waals surface area contributed by atoms with Crippen LogP contribution in [0.3, 0.4) is 0 Å². The average Bonchev–Trinajstić information content (AvgIpc) is 2.07. The summed E-state index contributed by atoms with van der Waals surface area (Å²) in [4.78, 5) is 23.4. The first-order valence-corrected chi connectivity index (χ1v) is 3.82. The summed E-state index contributed by atoms with van der Waals surface area (Å²) in [5.41, 5.74) is 2.71. The van der Waals surface area contributed by atoms with E-state index in [2.05, 4.69) is 0 Å². The number of nitrogens with two attached hydrogens (primary N) is 1. The molecule has 1 aromatic heterocycles. The van der Waals surface area contributed by atoms with E-state index in [0.29, 0.717) is 0 Å². The molecule has 3 N–H and O–H groups in total. The summed E-state index contributed by atoms with van der Waals surface area (Å²) in [5, 5.41) is -1.000. The predicted octanol–water partition coefficient (Wildman–Crippen LogP) is 1.27. The number of anilines is 1. The molecule has 7 heteroatoms. The van der Waals surface area contributed by atoms with Gasteiger partial charge < -0.3 is 10.7 Å². The van der Waals surface area contributed by atoms with Gasteiger partial charge in [-0.3, -0.25) is 9.59 Å². The van der Waals surface area contributed by atoms with Crippen molar-refractivity contribution in [1.29, 1.82) is 0 Å². The minimum absolute atomic E-state index is 0.278. The van der Waals surface area contributed by atoms with Crippen molar-refractivity contribution in [3.63, 3.8) is 0 Å². The highest BCUT2D eigenvalue weighted by atomic mass is 35.5. The van der Waals surface area contributed by atoms with E-state index in [1.54, 1.807) is 0 Å². The molecule has 0 atom stereocenters. The minimum Gasteiger partial charge on any atom is -0.397 e. The quantitative estimate of drug-likeness (QED) is 0.740. The Hall–Kier alpha value is -1.43. The van der Waals surface area contributed by atoms with Gasteiger partial charge in [0.2, 0.25) is 0 Å². The SMILES string of the molecule is Nc1cc(C(F)F)c(=O)[nH]c1C(=O)Cl. The molecule has 0 radical (unpaired) electrons. The number of aromatic amines is 1. The average molecular weight is 223 g/mol. The number of aromatic nitrogens is 1. The van der Waals surface area contributed by atoms with Crippen molar-refractivity contribution in [2.24, 2.45) is 0 Å². The molecule has 14 heavy (non-hydrogen) atoms. The highest BCUT2D eigenvalue weighted by molar-refractivity contribution is 6.68. The number of carbonyl (C=O) groups excluding carboxylic acids is 1. The zero-order valence-corrected chi connectivity index (χ0v) is 7.44. The Bertz CT molecular complexity index is 430. The third kappa shape index (κ3) is 1.90. The third-order valence-corrected chi connectivity index (χ3v) is 1.72. The van der Waals surface area contributed by atoms with Gasteiger partial charge in [-0.15, -0.1) is 0 Å². The van der Waals surface area contributed by atoms with Crippen LogP contribution in [0.1, 0.15) is 22.5 Å². The van der Waals surface area contributed by atoms with E-state index >= 15 is 0 Å². The molecule has 0 bridgehead atoms. The zero-order chi connectivity index (χ0) is 10.9. The smallest absolute Gasteiger partial charge is 0.270 e. The zero-order valence-electron chi connectivity index (χ0n) is 6.68. The van der Waals surface area contributed by atoms with Gasteiger partial charge in [-0.1, -0.05) is 0 Å². The van der Waals surface area contributed by atoms with E-state index < -0.39 is 22.8 Å². The van der Waals surface area contributed by atoms with Crippen LogP contribution in [0.15, 0.2) is 10.9 Å². The highest BCUT2D eigenvalue weighted by Crippen LogP contribution is 2.18. The van der Waals surface area contributed by atoms with E-state index in [-0.39, 0.29) is 11.4 Å². The lowest BCUT2D eigenvalue weighted by Crippen LogP contribution is -2.18. The standard InChI is InChI=1S/C7H5ClF2N2O2/c8-5(13)4-3(11)1-2(6(9)10)7(14)12-4/h1,6H,11H2,(H,12,14). The second-order valence-corrected chi connectivity index (χ2v) is 2.80. The first-order chi connectivity index (χ1) is 6.43.